The molecule has 12 heavy (non-hydrogen) atoms. The van der Waals surface area contributed by atoms with Crippen LogP contribution in [0.2, 0.25) is 0 Å². The molecule has 0 spiro atoms. The van der Waals surface area contributed by atoms with Crippen LogP contribution in [0.3, 0.4) is 0 Å². The summed E-state index contributed by atoms with van der Waals surface area (Å²) in [6.45, 7) is -0.609. The van der Waals surface area contributed by atoms with Crippen LogP contribution >= 0.6 is 15.9 Å². The summed E-state index contributed by atoms with van der Waals surface area (Å²) in [6.07, 6.45) is 0. The van der Waals surface area contributed by atoms with Crippen LogP contribution in [0.15, 0.2) is 22.7 Å². The van der Waals surface area contributed by atoms with Crippen molar-refractivity contribution < 1.29 is 9.18 Å². The second kappa shape index (κ2) is 3.67. The molecule has 0 radical (unpaired) electrons. The first-order valence-corrected chi connectivity index (χ1v) is 4.08. The van der Waals surface area contributed by atoms with Gasteiger partial charge in [0, 0.05) is 10.0 Å². The van der Waals surface area contributed by atoms with Gasteiger partial charge in [0.25, 0.3) is 0 Å². The molecule has 0 saturated heterocycles. The number of carbonyl (C=O) groups excluding carboxylic acids is 1. The Balaban J connectivity index is 3.13. The molecule has 0 bridgehead atoms. The standard InChI is InChI=1S/C8H7BrFNO/c9-7-2-1-5(8(11)12)3-6(7)4-10/h1-3H,4H2,(H2,11,12). The maximum absolute atomic E-state index is 12.2. The minimum absolute atomic E-state index is 0.325. The molecule has 1 aromatic rings. The third kappa shape index (κ3) is 1.82. The third-order valence-electron chi connectivity index (χ3n) is 1.47. The van der Waals surface area contributed by atoms with E-state index in [1.807, 2.05) is 0 Å². The highest BCUT2D eigenvalue weighted by atomic mass is 79.9. The van der Waals surface area contributed by atoms with E-state index in [9.17, 15) is 9.18 Å². The van der Waals surface area contributed by atoms with Gasteiger partial charge in [-0.2, -0.15) is 0 Å². The van der Waals surface area contributed by atoms with Crippen LogP contribution in [0.5, 0.6) is 0 Å². The van der Waals surface area contributed by atoms with Crippen molar-refractivity contribution in [1.82, 2.24) is 0 Å². The Morgan fingerprint density at radius 2 is 2.25 bits per heavy atom. The van der Waals surface area contributed by atoms with Gasteiger partial charge in [0.1, 0.15) is 6.67 Å². The Hall–Kier alpha value is -0.900. The zero-order chi connectivity index (χ0) is 9.14. The summed E-state index contributed by atoms with van der Waals surface area (Å²) in [6, 6.07) is 4.59. The van der Waals surface area contributed by atoms with Crippen LogP contribution in [0.25, 0.3) is 0 Å². The van der Waals surface area contributed by atoms with Crippen LogP contribution in [0.1, 0.15) is 15.9 Å². The Labute approximate surface area is 77.7 Å². The van der Waals surface area contributed by atoms with Gasteiger partial charge < -0.3 is 5.73 Å². The average molecular weight is 232 g/mol. The van der Waals surface area contributed by atoms with E-state index in [0.717, 1.165) is 0 Å². The number of nitrogens with two attached hydrogens (primary N) is 1. The summed E-state index contributed by atoms with van der Waals surface area (Å²) in [7, 11) is 0. The number of alkyl halides is 1. The SMILES string of the molecule is NC(=O)c1ccc(Br)c(CF)c1. The largest absolute Gasteiger partial charge is 0.366 e. The minimum Gasteiger partial charge on any atom is -0.366 e. The van der Waals surface area contributed by atoms with E-state index in [-0.39, 0.29) is 0 Å². The quantitative estimate of drug-likeness (QED) is 0.832. The molecule has 0 heterocycles. The Morgan fingerprint density at radius 3 is 2.75 bits per heavy atom. The predicted octanol–water partition coefficient (Wildman–Crippen LogP) is 2.02. The second-order valence-electron chi connectivity index (χ2n) is 2.30. The number of benzene rings is 1. The highest BCUT2D eigenvalue weighted by Crippen LogP contribution is 2.18. The summed E-state index contributed by atoms with van der Waals surface area (Å²) in [5, 5.41) is 0. The number of rotatable bonds is 2. The van der Waals surface area contributed by atoms with Gasteiger partial charge in [-0.05, 0) is 23.8 Å². The maximum Gasteiger partial charge on any atom is 0.248 e. The molecule has 64 valence electrons. The molecule has 4 heteroatoms. The first kappa shape index (κ1) is 9.19. The van der Waals surface area contributed by atoms with Crippen molar-refractivity contribution in [1.29, 1.82) is 0 Å². The van der Waals surface area contributed by atoms with Gasteiger partial charge in [-0.25, -0.2) is 4.39 Å². The van der Waals surface area contributed by atoms with Gasteiger partial charge in [0.15, 0.2) is 0 Å². The van der Waals surface area contributed by atoms with Gasteiger partial charge in [-0.15, -0.1) is 0 Å². The van der Waals surface area contributed by atoms with E-state index in [1.165, 1.54) is 6.07 Å². The summed E-state index contributed by atoms with van der Waals surface area (Å²) in [5.41, 5.74) is 5.77. The topological polar surface area (TPSA) is 43.1 Å². The van der Waals surface area contributed by atoms with E-state index < -0.39 is 12.6 Å². The van der Waals surface area contributed by atoms with Crippen molar-refractivity contribution in [3.05, 3.63) is 33.8 Å². The van der Waals surface area contributed by atoms with Crippen molar-refractivity contribution in [2.75, 3.05) is 0 Å². The molecule has 1 rings (SSSR count). The molecular formula is C8H7BrFNO. The smallest absolute Gasteiger partial charge is 0.248 e. The molecule has 0 aromatic heterocycles. The third-order valence-corrected chi connectivity index (χ3v) is 2.25. The monoisotopic (exact) mass is 231 g/mol. The van der Waals surface area contributed by atoms with Crippen molar-refractivity contribution in [2.45, 2.75) is 6.67 Å². The summed E-state index contributed by atoms with van der Waals surface area (Å²) >= 11 is 3.15. The van der Waals surface area contributed by atoms with Crippen LogP contribution in [0, 0.1) is 0 Å². The second-order valence-corrected chi connectivity index (χ2v) is 3.16. The number of hydrogen-bond donors (Lipinski definition) is 1. The van der Waals surface area contributed by atoms with E-state index in [1.54, 1.807) is 12.1 Å². The molecule has 0 aliphatic rings. The average Bonchev–Trinajstić information content (AvgIpc) is 2.05. The van der Waals surface area contributed by atoms with E-state index in [2.05, 4.69) is 15.9 Å². The molecule has 0 atom stereocenters. The molecule has 1 amide bonds. The molecule has 2 nitrogen and oxygen atoms in total. The molecule has 0 fully saturated rings. The van der Waals surface area contributed by atoms with Crippen molar-refractivity contribution >= 4 is 21.8 Å². The van der Waals surface area contributed by atoms with Crippen LogP contribution < -0.4 is 5.73 Å². The fraction of sp³-hybridized carbons (Fsp3) is 0.125. The number of halogens is 2. The van der Waals surface area contributed by atoms with Gasteiger partial charge in [0.05, 0.1) is 0 Å². The van der Waals surface area contributed by atoms with Crippen LogP contribution in [-0.2, 0) is 6.67 Å². The molecule has 0 aliphatic carbocycles. The number of hydrogen-bond acceptors (Lipinski definition) is 1. The van der Waals surface area contributed by atoms with Gasteiger partial charge in [0.2, 0.25) is 5.91 Å². The number of primary amides is 1. The summed E-state index contributed by atoms with van der Waals surface area (Å²) < 4.78 is 12.9. The van der Waals surface area contributed by atoms with E-state index in [0.29, 0.717) is 15.6 Å². The Morgan fingerprint density at radius 1 is 1.58 bits per heavy atom. The van der Waals surface area contributed by atoms with Crippen molar-refractivity contribution in [2.24, 2.45) is 5.73 Å². The van der Waals surface area contributed by atoms with E-state index >= 15 is 0 Å². The van der Waals surface area contributed by atoms with E-state index in [4.69, 9.17) is 5.73 Å². The van der Waals surface area contributed by atoms with Crippen LogP contribution in [0.4, 0.5) is 4.39 Å². The predicted molar refractivity (Wildman–Crippen MR) is 47.5 cm³/mol. The van der Waals surface area contributed by atoms with Gasteiger partial charge >= 0.3 is 0 Å². The number of carbonyl (C=O) groups is 1. The van der Waals surface area contributed by atoms with Crippen LogP contribution in [-0.4, -0.2) is 5.91 Å². The summed E-state index contributed by atoms with van der Waals surface area (Å²) in [5.74, 6) is -0.544. The van der Waals surface area contributed by atoms with Crippen molar-refractivity contribution in [3.63, 3.8) is 0 Å². The highest BCUT2D eigenvalue weighted by molar-refractivity contribution is 9.10. The maximum atomic E-state index is 12.2. The fourth-order valence-corrected chi connectivity index (χ4v) is 1.18. The highest BCUT2D eigenvalue weighted by Gasteiger charge is 2.04. The zero-order valence-electron chi connectivity index (χ0n) is 6.18. The lowest BCUT2D eigenvalue weighted by atomic mass is 10.1. The molecule has 0 aliphatic heterocycles. The molecule has 0 unspecified atom stereocenters. The summed E-state index contributed by atoms with van der Waals surface area (Å²) in [4.78, 5) is 10.7. The lowest BCUT2D eigenvalue weighted by molar-refractivity contribution is 0.1000. The Bertz CT molecular complexity index is 314. The minimum atomic E-state index is -0.609. The molecular weight excluding hydrogens is 225 g/mol. The van der Waals surface area contributed by atoms with Gasteiger partial charge in [-0.1, -0.05) is 15.9 Å². The molecule has 2 N–H and O–H groups in total. The number of amides is 1. The molecule has 0 saturated carbocycles. The molecule has 1 aromatic carbocycles. The first-order chi connectivity index (χ1) is 5.65. The lowest BCUT2D eigenvalue weighted by Crippen LogP contribution is -2.11. The van der Waals surface area contributed by atoms with Crippen molar-refractivity contribution in [3.8, 4) is 0 Å². The van der Waals surface area contributed by atoms with Gasteiger partial charge in [-0.3, -0.25) is 4.79 Å². The fourth-order valence-electron chi connectivity index (χ4n) is 0.830. The lowest BCUT2D eigenvalue weighted by Gasteiger charge is -2.00. The Kier molecular flexibility index (Phi) is 2.81. The normalized spacial score (nSPS) is 9.83. The first-order valence-electron chi connectivity index (χ1n) is 3.29. The zero-order valence-corrected chi connectivity index (χ0v) is 7.77.